The Balaban J connectivity index is 2.11. The first-order chi connectivity index (χ1) is 7.29. The lowest BCUT2D eigenvalue weighted by Gasteiger charge is -2.09. The van der Waals surface area contributed by atoms with Crippen LogP contribution in [0.15, 0.2) is 12.1 Å². The quantitative estimate of drug-likeness (QED) is 0.597. The van der Waals surface area contributed by atoms with Crippen LogP contribution in [0.4, 0.5) is 0 Å². The van der Waals surface area contributed by atoms with Crippen molar-refractivity contribution in [3.8, 4) is 5.75 Å². The van der Waals surface area contributed by atoms with Gasteiger partial charge in [0.05, 0.1) is 12.7 Å². The molecule has 0 bridgehead atoms. The summed E-state index contributed by atoms with van der Waals surface area (Å²) in [5.74, 6) is 0.907. The third kappa shape index (κ3) is 1.28. The Bertz CT molecular complexity index is 410. The predicted octanol–water partition coefficient (Wildman–Crippen LogP) is -0.661. The van der Waals surface area contributed by atoms with Crippen LogP contribution in [0.2, 0.25) is 0 Å². The zero-order valence-electron chi connectivity index (χ0n) is 8.27. The van der Waals surface area contributed by atoms with Crippen molar-refractivity contribution < 1.29 is 14.4 Å². The highest BCUT2D eigenvalue weighted by Crippen LogP contribution is 2.31. The first-order valence-corrected chi connectivity index (χ1v) is 5.12. The lowest BCUT2D eigenvalue weighted by atomic mass is 9.78. The van der Waals surface area contributed by atoms with Gasteiger partial charge in [-0.15, -0.1) is 0 Å². The molecule has 4 nitrogen and oxygen atoms in total. The van der Waals surface area contributed by atoms with Gasteiger partial charge in [0.2, 0.25) is 0 Å². The summed E-state index contributed by atoms with van der Waals surface area (Å²) in [5.41, 5.74) is 8.53. The minimum absolute atomic E-state index is 0.204. The molecule has 2 aliphatic rings. The third-order valence-corrected chi connectivity index (χ3v) is 3.02. The van der Waals surface area contributed by atoms with Gasteiger partial charge in [0.1, 0.15) is 5.75 Å². The smallest absolute Gasteiger partial charge is 0.492 e. The second kappa shape index (κ2) is 3.23. The van der Waals surface area contributed by atoms with Crippen LogP contribution in [0.1, 0.15) is 17.2 Å². The fourth-order valence-corrected chi connectivity index (χ4v) is 2.24. The van der Waals surface area contributed by atoms with E-state index >= 15 is 0 Å². The van der Waals surface area contributed by atoms with Gasteiger partial charge in [-0.3, -0.25) is 0 Å². The second-order valence-corrected chi connectivity index (χ2v) is 3.90. The highest BCUT2D eigenvalue weighted by molar-refractivity contribution is 6.61. The molecule has 3 rings (SSSR count). The molecule has 1 aromatic rings. The first-order valence-electron chi connectivity index (χ1n) is 5.12. The Hall–Kier alpha value is -1.04. The molecular weight excluding hydrogens is 193 g/mol. The van der Waals surface area contributed by atoms with Crippen LogP contribution in [0.3, 0.4) is 0 Å². The summed E-state index contributed by atoms with van der Waals surface area (Å²) in [4.78, 5) is 0. The molecule has 1 aromatic carbocycles. The Morgan fingerprint density at radius 2 is 2.40 bits per heavy atom. The third-order valence-electron chi connectivity index (χ3n) is 3.02. The van der Waals surface area contributed by atoms with E-state index in [1.807, 2.05) is 12.1 Å². The van der Waals surface area contributed by atoms with Crippen molar-refractivity contribution in [2.45, 2.75) is 12.5 Å². The fourth-order valence-electron chi connectivity index (χ4n) is 2.24. The SMILES string of the molecule is NCC1OB(O)c2cc3c(cc21)OCC3. The average molecular weight is 205 g/mol. The van der Waals surface area contributed by atoms with Crippen molar-refractivity contribution >= 4 is 12.6 Å². The van der Waals surface area contributed by atoms with E-state index in [1.165, 1.54) is 0 Å². The van der Waals surface area contributed by atoms with Gasteiger partial charge in [-0.1, -0.05) is 6.07 Å². The molecule has 0 spiro atoms. The van der Waals surface area contributed by atoms with Gasteiger partial charge in [0, 0.05) is 13.0 Å². The lowest BCUT2D eigenvalue weighted by Crippen LogP contribution is -2.28. The van der Waals surface area contributed by atoms with E-state index in [0.717, 1.165) is 35.4 Å². The molecular formula is C10H12BNO3. The maximum atomic E-state index is 9.70. The van der Waals surface area contributed by atoms with Crippen LogP contribution < -0.4 is 15.9 Å². The molecule has 0 amide bonds. The van der Waals surface area contributed by atoms with E-state index in [0.29, 0.717) is 6.54 Å². The maximum absolute atomic E-state index is 9.70. The van der Waals surface area contributed by atoms with Gasteiger partial charge in [-0.05, 0) is 22.7 Å². The molecule has 2 aliphatic heterocycles. The van der Waals surface area contributed by atoms with E-state index in [1.54, 1.807) is 0 Å². The van der Waals surface area contributed by atoms with E-state index in [2.05, 4.69) is 0 Å². The van der Waals surface area contributed by atoms with Crippen LogP contribution in [0.25, 0.3) is 0 Å². The largest absolute Gasteiger partial charge is 0.493 e. The van der Waals surface area contributed by atoms with Crippen molar-refractivity contribution in [1.29, 1.82) is 0 Å². The van der Waals surface area contributed by atoms with Crippen molar-refractivity contribution in [2.75, 3.05) is 13.2 Å². The standard InChI is InChI=1S/C10H12BNO3/c12-5-10-7-4-9-6(1-2-14-9)3-8(7)11(13)15-10/h3-4,10,13H,1-2,5,12H2. The fraction of sp³-hybridized carbons (Fsp3) is 0.400. The minimum Gasteiger partial charge on any atom is -0.493 e. The van der Waals surface area contributed by atoms with Gasteiger partial charge in [0.25, 0.3) is 0 Å². The summed E-state index contributed by atoms with van der Waals surface area (Å²) in [7, 11) is -0.834. The first kappa shape index (κ1) is 9.21. The van der Waals surface area contributed by atoms with Crippen LogP contribution in [0, 0.1) is 0 Å². The highest BCUT2D eigenvalue weighted by atomic mass is 16.5. The zero-order valence-corrected chi connectivity index (χ0v) is 8.27. The van der Waals surface area contributed by atoms with Gasteiger partial charge < -0.3 is 20.1 Å². The topological polar surface area (TPSA) is 64.7 Å². The zero-order chi connectivity index (χ0) is 10.4. The highest BCUT2D eigenvalue weighted by Gasteiger charge is 2.36. The van der Waals surface area contributed by atoms with E-state index < -0.39 is 7.12 Å². The second-order valence-electron chi connectivity index (χ2n) is 3.90. The van der Waals surface area contributed by atoms with Crippen LogP contribution in [-0.2, 0) is 11.1 Å². The summed E-state index contributed by atoms with van der Waals surface area (Å²) >= 11 is 0. The van der Waals surface area contributed by atoms with Gasteiger partial charge >= 0.3 is 7.12 Å². The summed E-state index contributed by atoms with van der Waals surface area (Å²) < 4.78 is 10.8. The summed E-state index contributed by atoms with van der Waals surface area (Å²) in [5, 5.41) is 9.70. The molecule has 0 fully saturated rings. The van der Waals surface area contributed by atoms with E-state index in [-0.39, 0.29) is 6.10 Å². The van der Waals surface area contributed by atoms with Gasteiger partial charge in [-0.25, -0.2) is 0 Å². The molecule has 1 unspecified atom stereocenters. The minimum atomic E-state index is -0.834. The van der Waals surface area contributed by atoms with Crippen LogP contribution >= 0.6 is 0 Å². The number of hydrogen-bond donors (Lipinski definition) is 2. The number of hydrogen-bond acceptors (Lipinski definition) is 4. The predicted molar refractivity (Wildman–Crippen MR) is 56.1 cm³/mol. The van der Waals surface area contributed by atoms with Gasteiger partial charge in [-0.2, -0.15) is 0 Å². The maximum Gasteiger partial charge on any atom is 0.492 e. The lowest BCUT2D eigenvalue weighted by molar-refractivity contribution is 0.197. The Morgan fingerprint density at radius 1 is 1.53 bits per heavy atom. The Morgan fingerprint density at radius 3 is 3.20 bits per heavy atom. The molecule has 0 radical (unpaired) electrons. The van der Waals surface area contributed by atoms with Crippen LogP contribution in [-0.4, -0.2) is 25.3 Å². The van der Waals surface area contributed by atoms with Crippen molar-refractivity contribution in [3.05, 3.63) is 23.3 Å². The molecule has 78 valence electrons. The van der Waals surface area contributed by atoms with Gasteiger partial charge in [0.15, 0.2) is 0 Å². The summed E-state index contributed by atoms with van der Waals surface area (Å²) in [6, 6.07) is 3.92. The van der Waals surface area contributed by atoms with E-state index in [4.69, 9.17) is 15.1 Å². The molecule has 3 N–H and O–H groups in total. The number of ether oxygens (including phenoxy) is 1. The summed E-state index contributed by atoms with van der Waals surface area (Å²) in [6.45, 7) is 1.10. The molecule has 15 heavy (non-hydrogen) atoms. The molecule has 0 aliphatic carbocycles. The Kier molecular flexibility index (Phi) is 1.98. The number of fused-ring (bicyclic) bond motifs is 2. The Labute approximate surface area is 88.1 Å². The van der Waals surface area contributed by atoms with Crippen molar-refractivity contribution in [3.63, 3.8) is 0 Å². The number of nitrogens with two attached hydrogens (primary N) is 1. The normalized spacial score (nSPS) is 22.5. The number of benzene rings is 1. The molecule has 1 atom stereocenters. The number of rotatable bonds is 1. The molecule has 2 heterocycles. The molecule has 0 saturated carbocycles. The monoisotopic (exact) mass is 205 g/mol. The van der Waals surface area contributed by atoms with Crippen molar-refractivity contribution in [2.24, 2.45) is 5.73 Å². The summed E-state index contributed by atoms with van der Waals surface area (Å²) in [6.07, 6.45) is 0.701. The molecule has 0 aromatic heterocycles. The molecule has 0 saturated heterocycles. The molecule has 5 heteroatoms. The van der Waals surface area contributed by atoms with E-state index in [9.17, 15) is 5.02 Å². The average Bonchev–Trinajstić information content (AvgIpc) is 2.81. The van der Waals surface area contributed by atoms with Crippen molar-refractivity contribution in [1.82, 2.24) is 0 Å². The van der Waals surface area contributed by atoms with Crippen LogP contribution in [0.5, 0.6) is 5.75 Å².